The fourth-order valence-corrected chi connectivity index (χ4v) is 4.92. The molecule has 7 nitrogen and oxygen atoms in total. The molecule has 3 heterocycles. The number of H-pyrrole nitrogens is 1. The van der Waals surface area contributed by atoms with Crippen molar-refractivity contribution in [1.29, 1.82) is 0 Å². The highest BCUT2D eigenvalue weighted by atomic mass is 16.5. The van der Waals surface area contributed by atoms with Gasteiger partial charge in [0.1, 0.15) is 11.6 Å². The molecule has 1 aromatic carbocycles. The smallest absolute Gasteiger partial charge is 0.258 e. The zero-order chi connectivity index (χ0) is 20.7. The van der Waals surface area contributed by atoms with Crippen LogP contribution in [0.3, 0.4) is 0 Å². The summed E-state index contributed by atoms with van der Waals surface area (Å²) in [5.74, 6) is 1.44. The van der Waals surface area contributed by atoms with Gasteiger partial charge in [-0.15, -0.1) is 0 Å². The summed E-state index contributed by atoms with van der Waals surface area (Å²) in [6.45, 7) is 1.79. The number of ether oxygens (including phenoxy) is 1. The zero-order valence-electron chi connectivity index (χ0n) is 17.2. The van der Waals surface area contributed by atoms with Crippen molar-refractivity contribution in [2.24, 2.45) is 0 Å². The van der Waals surface area contributed by atoms with Crippen molar-refractivity contribution in [3.05, 3.63) is 57.0 Å². The second-order valence-electron chi connectivity index (χ2n) is 8.17. The van der Waals surface area contributed by atoms with E-state index in [4.69, 9.17) is 9.72 Å². The van der Waals surface area contributed by atoms with Crippen molar-refractivity contribution in [3.8, 4) is 5.75 Å². The first-order chi connectivity index (χ1) is 14.7. The summed E-state index contributed by atoms with van der Waals surface area (Å²) in [5, 5.41) is 3.35. The normalized spacial score (nSPS) is 21.0. The molecule has 1 fully saturated rings. The average Bonchev–Trinajstić information content (AvgIpc) is 2.78. The minimum absolute atomic E-state index is 0.0878. The van der Waals surface area contributed by atoms with Gasteiger partial charge >= 0.3 is 0 Å². The first-order valence-electron chi connectivity index (χ1n) is 10.7. The van der Waals surface area contributed by atoms with E-state index in [1.807, 2.05) is 24.3 Å². The van der Waals surface area contributed by atoms with Gasteiger partial charge in [0.15, 0.2) is 5.78 Å². The highest BCUT2D eigenvalue weighted by Gasteiger charge is 2.39. The van der Waals surface area contributed by atoms with Gasteiger partial charge in [-0.25, -0.2) is 0 Å². The standard InChI is InChI=1S/C23H26N4O3/c1-30-17-11-4-3-8-14(17)18-19-15(9-7-10-16(19)28)24-21-20(18)22(29)26-23(25-21)27-12-5-2-6-13-27/h3-4,8,11,18H,2,5-7,9-10,12-13H2,1H3,(H2,24,25,26,29). The van der Waals surface area contributed by atoms with E-state index in [0.29, 0.717) is 35.1 Å². The molecule has 1 atom stereocenters. The van der Waals surface area contributed by atoms with Gasteiger partial charge in [0.05, 0.1) is 18.6 Å². The third kappa shape index (κ3) is 3.09. The van der Waals surface area contributed by atoms with Crippen LogP contribution in [-0.2, 0) is 4.79 Å². The molecule has 30 heavy (non-hydrogen) atoms. The average molecular weight is 406 g/mol. The second-order valence-corrected chi connectivity index (χ2v) is 8.17. The molecule has 5 rings (SSSR count). The molecular weight excluding hydrogens is 380 g/mol. The number of fused-ring (bicyclic) bond motifs is 1. The van der Waals surface area contributed by atoms with Crippen LogP contribution in [0.2, 0.25) is 0 Å². The number of aromatic amines is 1. The SMILES string of the molecule is COc1ccccc1C1C2=C(CCCC2=O)Nc2nc(N3CCCCC3)[nH]c(=O)c21. The Morgan fingerprint density at radius 3 is 2.67 bits per heavy atom. The molecule has 0 spiro atoms. The van der Waals surface area contributed by atoms with E-state index >= 15 is 0 Å². The van der Waals surface area contributed by atoms with Crippen LogP contribution >= 0.6 is 0 Å². The molecule has 1 aromatic heterocycles. The topological polar surface area (TPSA) is 87.3 Å². The number of nitrogens with one attached hydrogen (secondary N) is 2. The van der Waals surface area contributed by atoms with Crippen LogP contribution in [0, 0.1) is 0 Å². The minimum Gasteiger partial charge on any atom is -0.496 e. The predicted molar refractivity (Wildman–Crippen MR) is 115 cm³/mol. The molecule has 2 aliphatic heterocycles. The van der Waals surface area contributed by atoms with Crippen molar-refractivity contribution in [2.45, 2.75) is 44.4 Å². The summed E-state index contributed by atoms with van der Waals surface area (Å²) in [6.07, 6.45) is 5.49. The van der Waals surface area contributed by atoms with E-state index in [-0.39, 0.29) is 11.3 Å². The number of hydrogen-bond donors (Lipinski definition) is 2. The van der Waals surface area contributed by atoms with E-state index in [1.165, 1.54) is 6.42 Å². The van der Waals surface area contributed by atoms with E-state index < -0.39 is 5.92 Å². The molecule has 0 bridgehead atoms. The molecule has 0 amide bonds. The van der Waals surface area contributed by atoms with Crippen LogP contribution in [0.4, 0.5) is 11.8 Å². The van der Waals surface area contributed by atoms with Gasteiger partial charge in [0.25, 0.3) is 5.56 Å². The fraction of sp³-hybridized carbons (Fsp3) is 0.435. The first-order valence-corrected chi connectivity index (χ1v) is 10.7. The number of hydrogen-bond acceptors (Lipinski definition) is 6. The number of anilines is 2. The summed E-state index contributed by atoms with van der Waals surface area (Å²) in [5.41, 5.74) is 2.68. The van der Waals surface area contributed by atoms with E-state index in [9.17, 15) is 9.59 Å². The number of rotatable bonds is 3. The molecule has 1 aliphatic carbocycles. The zero-order valence-corrected chi connectivity index (χ0v) is 17.2. The quantitative estimate of drug-likeness (QED) is 0.813. The molecule has 0 radical (unpaired) electrons. The molecular formula is C23H26N4O3. The van der Waals surface area contributed by atoms with Gasteiger partial charge in [-0.3, -0.25) is 14.6 Å². The summed E-state index contributed by atoms with van der Waals surface area (Å²) in [4.78, 5) is 36.3. The van der Waals surface area contributed by atoms with Crippen molar-refractivity contribution in [1.82, 2.24) is 9.97 Å². The van der Waals surface area contributed by atoms with Crippen molar-refractivity contribution in [3.63, 3.8) is 0 Å². The predicted octanol–water partition coefficient (Wildman–Crippen LogP) is 3.33. The molecule has 2 N–H and O–H groups in total. The molecule has 3 aliphatic rings. The number of nitrogens with zero attached hydrogens (tertiary/aromatic N) is 2. The largest absolute Gasteiger partial charge is 0.496 e. The van der Waals surface area contributed by atoms with Crippen LogP contribution in [0.1, 0.15) is 55.6 Å². The lowest BCUT2D eigenvalue weighted by Gasteiger charge is -2.34. The van der Waals surface area contributed by atoms with Gasteiger partial charge in [0.2, 0.25) is 5.95 Å². The summed E-state index contributed by atoms with van der Waals surface area (Å²) in [6, 6.07) is 7.61. The third-order valence-corrected chi connectivity index (χ3v) is 6.35. The van der Waals surface area contributed by atoms with Crippen molar-refractivity contribution in [2.75, 3.05) is 30.4 Å². The minimum atomic E-state index is -0.480. The Morgan fingerprint density at radius 1 is 1.07 bits per heavy atom. The van der Waals surface area contributed by atoms with Crippen LogP contribution in [0.5, 0.6) is 5.75 Å². The molecule has 1 saturated heterocycles. The number of Topliss-reactive ketones (excluding diaryl/α,β-unsaturated/α-hetero) is 1. The van der Waals surface area contributed by atoms with Crippen LogP contribution in [0.15, 0.2) is 40.3 Å². The van der Waals surface area contributed by atoms with Crippen LogP contribution < -0.4 is 20.5 Å². The van der Waals surface area contributed by atoms with Crippen molar-refractivity contribution >= 4 is 17.5 Å². The number of carbonyl (C=O) groups excluding carboxylic acids is 1. The Hall–Kier alpha value is -3.09. The maximum absolute atomic E-state index is 13.4. The van der Waals surface area contributed by atoms with E-state index in [1.54, 1.807) is 7.11 Å². The number of ketones is 1. The highest BCUT2D eigenvalue weighted by molar-refractivity contribution is 6.01. The number of piperidine rings is 1. The lowest BCUT2D eigenvalue weighted by atomic mass is 9.76. The maximum Gasteiger partial charge on any atom is 0.258 e. The van der Waals surface area contributed by atoms with Crippen LogP contribution in [0.25, 0.3) is 0 Å². The van der Waals surface area contributed by atoms with E-state index in [0.717, 1.165) is 50.0 Å². The second kappa shape index (κ2) is 7.63. The number of para-hydroxylation sites is 1. The fourth-order valence-electron chi connectivity index (χ4n) is 4.92. The maximum atomic E-state index is 13.4. The molecule has 1 unspecified atom stereocenters. The summed E-state index contributed by atoms with van der Waals surface area (Å²) < 4.78 is 5.59. The molecule has 7 heteroatoms. The Balaban J connectivity index is 1.70. The third-order valence-electron chi connectivity index (χ3n) is 6.35. The van der Waals surface area contributed by atoms with Gasteiger partial charge in [0, 0.05) is 36.3 Å². The molecule has 0 saturated carbocycles. The Labute approximate surface area is 175 Å². The number of carbonyl (C=O) groups is 1. The number of methoxy groups -OCH3 is 1. The van der Waals surface area contributed by atoms with Gasteiger partial charge in [-0.1, -0.05) is 18.2 Å². The molecule has 156 valence electrons. The lowest BCUT2D eigenvalue weighted by Crippen LogP contribution is -2.36. The Bertz CT molecular complexity index is 1080. The highest BCUT2D eigenvalue weighted by Crippen LogP contribution is 2.45. The monoisotopic (exact) mass is 406 g/mol. The Kier molecular flexibility index (Phi) is 4.81. The van der Waals surface area contributed by atoms with Gasteiger partial charge in [-0.2, -0.15) is 4.98 Å². The number of allylic oxidation sites excluding steroid dienone is 2. The lowest BCUT2D eigenvalue weighted by molar-refractivity contribution is -0.116. The van der Waals surface area contributed by atoms with Gasteiger partial charge in [-0.05, 0) is 38.2 Å². The summed E-state index contributed by atoms with van der Waals surface area (Å²) in [7, 11) is 1.61. The number of benzene rings is 1. The van der Waals surface area contributed by atoms with Crippen LogP contribution in [-0.4, -0.2) is 36.0 Å². The van der Waals surface area contributed by atoms with Crippen molar-refractivity contribution < 1.29 is 9.53 Å². The first kappa shape index (κ1) is 18.9. The number of aromatic nitrogens is 2. The van der Waals surface area contributed by atoms with E-state index in [2.05, 4.69) is 15.2 Å². The Morgan fingerprint density at radius 2 is 1.87 bits per heavy atom. The summed E-state index contributed by atoms with van der Waals surface area (Å²) >= 11 is 0. The van der Waals surface area contributed by atoms with Gasteiger partial charge < -0.3 is 15.0 Å². The molecule has 2 aromatic rings.